The Balaban J connectivity index is 1.44. The second-order valence-electron chi connectivity index (χ2n) is 6.90. The van der Waals surface area contributed by atoms with Gasteiger partial charge in [-0.05, 0) is 38.2 Å². The van der Waals surface area contributed by atoms with Gasteiger partial charge in [-0.2, -0.15) is 5.10 Å². The zero-order chi connectivity index (χ0) is 20.4. The summed E-state index contributed by atoms with van der Waals surface area (Å²) in [7, 11) is 0. The minimum absolute atomic E-state index is 0.0943. The highest BCUT2D eigenvalue weighted by Gasteiger charge is 2.16. The summed E-state index contributed by atoms with van der Waals surface area (Å²) in [6.45, 7) is 4.35. The van der Waals surface area contributed by atoms with Gasteiger partial charge in [0.1, 0.15) is 0 Å². The highest BCUT2D eigenvalue weighted by Crippen LogP contribution is 2.18. The van der Waals surface area contributed by atoms with Gasteiger partial charge in [-0.15, -0.1) is 10.2 Å². The molecule has 0 bridgehead atoms. The number of aryl methyl sites for hydroxylation is 1. The molecule has 0 aliphatic heterocycles. The lowest BCUT2D eigenvalue weighted by Gasteiger charge is -2.13. The van der Waals surface area contributed by atoms with Gasteiger partial charge in [-0.25, -0.2) is 0 Å². The molecular weight excluding hydrogens is 386 g/mol. The fraction of sp³-hybridized carbons (Fsp3) is 0.250. The molecule has 1 amide bonds. The number of fused-ring (bicyclic) bond motifs is 1. The first kappa shape index (κ1) is 19.0. The first-order chi connectivity index (χ1) is 14.0. The van der Waals surface area contributed by atoms with E-state index in [0.717, 1.165) is 17.0 Å². The van der Waals surface area contributed by atoms with Crippen molar-refractivity contribution >= 4 is 23.8 Å². The fourth-order valence-corrected chi connectivity index (χ4v) is 3.42. The number of hydrogen-bond donors (Lipinski definition) is 2. The lowest BCUT2D eigenvalue weighted by molar-refractivity contribution is -0.122. The fourth-order valence-electron chi connectivity index (χ4n) is 3.19. The van der Waals surface area contributed by atoms with Crippen LogP contribution in [0.4, 0.5) is 0 Å². The van der Waals surface area contributed by atoms with Crippen LogP contribution < -0.4 is 5.32 Å². The van der Waals surface area contributed by atoms with Crippen LogP contribution >= 0.6 is 12.2 Å². The number of nitrogens with one attached hydrogen (secondary N) is 2. The van der Waals surface area contributed by atoms with E-state index in [1.165, 1.54) is 5.56 Å². The zero-order valence-electron chi connectivity index (χ0n) is 16.2. The molecule has 0 saturated heterocycles. The molecule has 2 N–H and O–H groups in total. The van der Waals surface area contributed by atoms with E-state index in [2.05, 4.69) is 25.7 Å². The maximum atomic E-state index is 12.5. The molecule has 29 heavy (non-hydrogen) atoms. The van der Waals surface area contributed by atoms with E-state index in [1.54, 1.807) is 0 Å². The predicted octanol–water partition coefficient (Wildman–Crippen LogP) is 3.23. The molecule has 8 nitrogen and oxygen atoms in total. The summed E-state index contributed by atoms with van der Waals surface area (Å²) >= 11 is 5.35. The number of carbonyl (C=O) groups is 1. The molecule has 1 atom stereocenters. The standard InChI is InChI=1S/C20H21N7OS/c1-13-6-8-15(9-7-13)19-24-25-20(29)27(19)12-10-17(28)21-14(2)18-23-22-16-5-3-4-11-26(16)18/h3-9,11,14H,10,12H2,1-2H3,(H,21,28)(H,25,29). The molecule has 0 saturated carbocycles. The highest BCUT2D eigenvalue weighted by molar-refractivity contribution is 7.71. The summed E-state index contributed by atoms with van der Waals surface area (Å²) in [5.41, 5.74) is 2.87. The van der Waals surface area contributed by atoms with Crippen molar-refractivity contribution in [1.29, 1.82) is 0 Å². The minimum atomic E-state index is -0.270. The Morgan fingerprint density at radius 3 is 2.79 bits per heavy atom. The topological polar surface area (TPSA) is 92.9 Å². The zero-order valence-corrected chi connectivity index (χ0v) is 17.0. The van der Waals surface area contributed by atoms with Gasteiger partial charge in [-0.3, -0.25) is 18.9 Å². The molecule has 148 valence electrons. The summed E-state index contributed by atoms with van der Waals surface area (Å²) in [5.74, 6) is 1.32. The minimum Gasteiger partial charge on any atom is -0.346 e. The Hall–Kier alpha value is -3.33. The molecule has 0 aliphatic rings. The molecule has 1 aromatic carbocycles. The van der Waals surface area contributed by atoms with Crippen molar-refractivity contribution in [2.24, 2.45) is 0 Å². The summed E-state index contributed by atoms with van der Waals surface area (Å²) in [6, 6.07) is 13.4. The van der Waals surface area contributed by atoms with Gasteiger partial charge in [0.25, 0.3) is 0 Å². The highest BCUT2D eigenvalue weighted by atomic mass is 32.1. The van der Waals surface area contributed by atoms with E-state index in [9.17, 15) is 4.79 Å². The third kappa shape index (κ3) is 3.95. The van der Waals surface area contributed by atoms with E-state index >= 15 is 0 Å². The molecule has 9 heteroatoms. The molecule has 0 fully saturated rings. The second-order valence-corrected chi connectivity index (χ2v) is 7.28. The number of pyridine rings is 1. The summed E-state index contributed by atoms with van der Waals surface area (Å²) in [4.78, 5) is 12.5. The molecule has 1 unspecified atom stereocenters. The Labute approximate surface area is 172 Å². The van der Waals surface area contributed by atoms with Crippen LogP contribution in [0.3, 0.4) is 0 Å². The van der Waals surface area contributed by atoms with Crippen LogP contribution in [0.5, 0.6) is 0 Å². The van der Waals surface area contributed by atoms with Crippen molar-refractivity contribution in [3.63, 3.8) is 0 Å². The maximum Gasteiger partial charge on any atom is 0.222 e. The van der Waals surface area contributed by atoms with Crippen LogP contribution in [0.25, 0.3) is 17.0 Å². The molecule has 3 aromatic heterocycles. The van der Waals surface area contributed by atoms with Crippen LogP contribution in [-0.4, -0.2) is 35.3 Å². The van der Waals surface area contributed by atoms with Crippen LogP contribution in [0.1, 0.15) is 30.8 Å². The van der Waals surface area contributed by atoms with Crippen molar-refractivity contribution in [3.05, 3.63) is 64.8 Å². The average molecular weight is 408 g/mol. The number of aromatic amines is 1. The number of amides is 1. The van der Waals surface area contributed by atoms with Crippen molar-refractivity contribution in [2.75, 3.05) is 0 Å². The molecule has 4 aromatic rings. The van der Waals surface area contributed by atoms with E-state index in [4.69, 9.17) is 12.2 Å². The number of aromatic nitrogens is 6. The van der Waals surface area contributed by atoms with Gasteiger partial charge in [0.05, 0.1) is 6.04 Å². The van der Waals surface area contributed by atoms with Gasteiger partial charge in [0.15, 0.2) is 22.1 Å². The lowest BCUT2D eigenvalue weighted by atomic mass is 10.1. The SMILES string of the molecule is Cc1ccc(-c2n[nH]c(=S)n2CCC(=O)NC(C)c2nnc3ccccn23)cc1. The lowest BCUT2D eigenvalue weighted by Crippen LogP contribution is -2.28. The monoisotopic (exact) mass is 407 g/mol. The van der Waals surface area contributed by atoms with Crippen molar-refractivity contribution in [2.45, 2.75) is 32.9 Å². The van der Waals surface area contributed by atoms with Gasteiger partial charge < -0.3 is 5.32 Å². The van der Waals surface area contributed by atoms with E-state index in [-0.39, 0.29) is 18.4 Å². The molecule has 0 spiro atoms. The van der Waals surface area contributed by atoms with Crippen molar-refractivity contribution in [1.82, 2.24) is 34.7 Å². The molecule has 0 radical (unpaired) electrons. The number of hydrogen-bond acceptors (Lipinski definition) is 5. The summed E-state index contributed by atoms with van der Waals surface area (Å²) < 4.78 is 4.20. The van der Waals surface area contributed by atoms with Crippen LogP contribution in [0.2, 0.25) is 0 Å². The third-order valence-electron chi connectivity index (χ3n) is 4.74. The number of nitrogens with zero attached hydrogens (tertiary/aromatic N) is 5. The first-order valence-corrected chi connectivity index (χ1v) is 9.75. The Kier molecular flexibility index (Phi) is 5.22. The Morgan fingerprint density at radius 1 is 1.21 bits per heavy atom. The molecule has 0 aliphatic carbocycles. The van der Waals surface area contributed by atoms with E-state index in [1.807, 2.05) is 71.5 Å². The summed E-state index contributed by atoms with van der Waals surface area (Å²) in [5, 5.41) is 18.4. The number of benzene rings is 1. The van der Waals surface area contributed by atoms with Gasteiger partial charge >= 0.3 is 0 Å². The third-order valence-corrected chi connectivity index (χ3v) is 5.05. The van der Waals surface area contributed by atoms with Crippen molar-refractivity contribution < 1.29 is 4.79 Å². The van der Waals surface area contributed by atoms with Crippen molar-refractivity contribution in [3.8, 4) is 11.4 Å². The molecule has 4 rings (SSSR count). The maximum absolute atomic E-state index is 12.5. The Morgan fingerprint density at radius 2 is 2.00 bits per heavy atom. The quantitative estimate of drug-likeness (QED) is 0.479. The average Bonchev–Trinajstić information content (AvgIpc) is 3.30. The van der Waals surface area contributed by atoms with Gasteiger partial charge in [0.2, 0.25) is 5.91 Å². The normalized spacial score (nSPS) is 12.2. The van der Waals surface area contributed by atoms with Gasteiger partial charge in [0, 0.05) is 24.7 Å². The number of rotatable bonds is 6. The predicted molar refractivity (Wildman–Crippen MR) is 112 cm³/mol. The first-order valence-electron chi connectivity index (χ1n) is 9.34. The van der Waals surface area contributed by atoms with Gasteiger partial charge in [-0.1, -0.05) is 35.9 Å². The smallest absolute Gasteiger partial charge is 0.222 e. The largest absolute Gasteiger partial charge is 0.346 e. The second kappa shape index (κ2) is 7.96. The molecular formula is C20H21N7OS. The van der Waals surface area contributed by atoms with Crippen LogP contribution in [0, 0.1) is 11.7 Å². The van der Waals surface area contributed by atoms with Crippen LogP contribution in [-0.2, 0) is 11.3 Å². The molecule has 3 heterocycles. The van der Waals surface area contributed by atoms with E-state index in [0.29, 0.717) is 17.1 Å². The number of carbonyl (C=O) groups excluding carboxylic acids is 1. The summed E-state index contributed by atoms with van der Waals surface area (Å²) in [6.07, 6.45) is 2.15. The Bertz CT molecular complexity index is 1210. The number of H-pyrrole nitrogens is 1. The van der Waals surface area contributed by atoms with Crippen LogP contribution in [0.15, 0.2) is 48.7 Å². The van der Waals surface area contributed by atoms with E-state index < -0.39 is 0 Å².